The summed E-state index contributed by atoms with van der Waals surface area (Å²) in [5.74, 6) is 1.03. The van der Waals surface area contributed by atoms with Crippen LogP contribution in [0, 0.1) is 15.0 Å². The van der Waals surface area contributed by atoms with Gasteiger partial charge in [0.25, 0.3) is 0 Å². The molecule has 1 aromatic carbocycles. The number of nitrogens with zero attached hydrogens (tertiary/aromatic N) is 4. The molecule has 0 atom stereocenters. The average molecular weight is 478 g/mol. The summed E-state index contributed by atoms with van der Waals surface area (Å²) in [6, 6.07) is 11.2. The zero-order chi connectivity index (χ0) is 19.6. The summed E-state index contributed by atoms with van der Waals surface area (Å²) < 4.78 is 3.15. The number of aryl methyl sites for hydroxylation is 1. The van der Waals surface area contributed by atoms with E-state index in [0.717, 1.165) is 55.0 Å². The van der Waals surface area contributed by atoms with Gasteiger partial charge in [-0.25, -0.2) is 4.98 Å². The summed E-state index contributed by atoms with van der Waals surface area (Å²) in [5.41, 5.74) is 3.17. The number of nitriles is 1. The Morgan fingerprint density at radius 3 is 2.22 bits per heavy atom. The van der Waals surface area contributed by atoms with Crippen molar-refractivity contribution in [3.8, 4) is 6.07 Å². The minimum atomic E-state index is 0.549. The molecule has 1 aromatic heterocycles. The molecule has 0 bridgehead atoms. The van der Waals surface area contributed by atoms with Crippen LogP contribution in [0.4, 0.5) is 0 Å². The molecule has 0 fully saturated rings. The zero-order valence-corrected chi connectivity index (χ0v) is 19.0. The summed E-state index contributed by atoms with van der Waals surface area (Å²) in [6.45, 7) is 10.8. The van der Waals surface area contributed by atoms with E-state index in [9.17, 15) is 5.26 Å². The summed E-state index contributed by atoms with van der Waals surface area (Å²) in [7, 11) is 0. The lowest BCUT2D eigenvalue weighted by Gasteiger charge is -2.21. The lowest BCUT2D eigenvalue weighted by Crippen LogP contribution is -2.24. The number of hydrogen-bond donors (Lipinski definition) is 0. The van der Waals surface area contributed by atoms with Crippen molar-refractivity contribution in [2.24, 2.45) is 0 Å². The number of hydrogen-bond acceptors (Lipinski definition) is 3. The quantitative estimate of drug-likeness (QED) is 0.408. The first-order valence-corrected chi connectivity index (χ1v) is 11.2. The van der Waals surface area contributed by atoms with E-state index in [-0.39, 0.29) is 0 Å². The monoisotopic (exact) mass is 478 g/mol. The van der Waals surface area contributed by atoms with Crippen molar-refractivity contribution >= 4 is 22.6 Å². The van der Waals surface area contributed by atoms with Gasteiger partial charge in [-0.2, -0.15) is 5.26 Å². The first-order chi connectivity index (χ1) is 13.1. The number of rotatable bonds is 11. The first kappa shape index (κ1) is 21.9. The second kappa shape index (κ2) is 11.5. The van der Waals surface area contributed by atoms with Gasteiger partial charge in [-0.1, -0.05) is 51.5 Å². The molecule has 0 radical (unpaired) electrons. The van der Waals surface area contributed by atoms with Gasteiger partial charge in [-0.3, -0.25) is 4.90 Å². The molecule has 2 rings (SSSR count). The van der Waals surface area contributed by atoms with Crippen LogP contribution in [0.25, 0.3) is 0 Å². The van der Waals surface area contributed by atoms with Crippen LogP contribution in [0.5, 0.6) is 0 Å². The molecule has 0 unspecified atom stereocenters. The highest BCUT2D eigenvalue weighted by atomic mass is 127. The van der Waals surface area contributed by atoms with Crippen LogP contribution < -0.4 is 0 Å². The van der Waals surface area contributed by atoms with Crippen LogP contribution in [0.3, 0.4) is 0 Å². The predicted molar refractivity (Wildman–Crippen MR) is 120 cm³/mol. The van der Waals surface area contributed by atoms with E-state index in [0.29, 0.717) is 5.69 Å². The molecular formula is C22H31IN4. The van der Waals surface area contributed by atoms with Gasteiger partial charge in [0.05, 0.1) is 0 Å². The number of halogens is 1. The highest BCUT2D eigenvalue weighted by Crippen LogP contribution is 2.19. The maximum absolute atomic E-state index is 9.32. The minimum Gasteiger partial charge on any atom is -0.318 e. The molecule has 0 aliphatic carbocycles. The third-order valence-corrected chi connectivity index (χ3v) is 5.79. The van der Waals surface area contributed by atoms with E-state index >= 15 is 0 Å². The van der Waals surface area contributed by atoms with Crippen LogP contribution in [-0.4, -0.2) is 27.5 Å². The average Bonchev–Trinajstić information content (AvgIpc) is 2.97. The van der Waals surface area contributed by atoms with Gasteiger partial charge in [0.1, 0.15) is 15.6 Å². The van der Waals surface area contributed by atoms with Gasteiger partial charge in [0.2, 0.25) is 0 Å². The number of benzene rings is 1. The van der Waals surface area contributed by atoms with Crippen LogP contribution in [0.1, 0.15) is 69.1 Å². The largest absolute Gasteiger partial charge is 0.318 e. The Balaban J connectivity index is 2.12. The van der Waals surface area contributed by atoms with Crippen LogP contribution in [-0.2, 0) is 19.5 Å². The maximum Gasteiger partial charge on any atom is 0.172 e. The Labute approximate surface area is 177 Å². The normalized spacial score (nSPS) is 11.1. The SMILES string of the molecule is CCCCc1nc(C#N)c(I)n1Cc1ccc(CN(CCC)CCC)cc1. The number of unbranched alkanes of at least 4 members (excludes halogenated alkanes) is 1. The van der Waals surface area contributed by atoms with Crippen molar-refractivity contribution in [2.45, 2.75) is 66.0 Å². The van der Waals surface area contributed by atoms with Crippen molar-refractivity contribution in [1.29, 1.82) is 5.26 Å². The molecule has 4 nitrogen and oxygen atoms in total. The van der Waals surface area contributed by atoms with E-state index in [1.165, 1.54) is 24.0 Å². The molecule has 0 saturated carbocycles. The molecule has 0 amide bonds. The molecule has 146 valence electrons. The molecular weight excluding hydrogens is 447 g/mol. The van der Waals surface area contributed by atoms with E-state index in [4.69, 9.17) is 0 Å². The second-order valence-electron chi connectivity index (χ2n) is 7.06. The third-order valence-electron chi connectivity index (χ3n) is 4.69. The van der Waals surface area contributed by atoms with Gasteiger partial charge < -0.3 is 4.57 Å². The number of imidazole rings is 1. The van der Waals surface area contributed by atoms with Gasteiger partial charge in [0, 0.05) is 19.5 Å². The molecule has 27 heavy (non-hydrogen) atoms. The van der Waals surface area contributed by atoms with E-state index < -0.39 is 0 Å². The van der Waals surface area contributed by atoms with Crippen molar-refractivity contribution in [3.63, 3.8) is 0 Å². The van der Waals surface area contributed by atoms with Crippen molar-refractivity contribution in [3.05, 3.63) is 50.6 Å². The fourth-order valence-electron chi connectivity index (χ4n) is 3.33. The van der Waals surface area contributed by atoms with Crippen molar-refractivity contribution < 1.29 is 0 Å². The molecule has 5 heteroatoms. The highest BCUT2D eigenvalue weighted by Gasteiger charge is 2.15. The molecule has 0 N–H and O–H groups in total. The Morgan fingerprint density at radius 2 is 1.67 bits per heavy atom. The van der Waals surface area contributed by atoms with Gasteiger partial charge in [-0.05, 0) is 66.1 Å². The Bertz CT molecular complexity index is 737. The summed E-state index contributed by atoms with van der Waals surface area (Å²) >= 11 is 2.25. The number of aromatic nitrogens is 2. The van der Waals surface area contributed by atoms with E-state index in [1.807, 2.05) is 0 Å². The Hall–Kier alpha value is -1.39. The lowest BCUT2D eigenvalue weighted by molar-refractivity contribution is 0.266. The molecule has 0 aliphatic heterocycles. The van der Waals surface area contributed by atoms with E-state index in [1.54, 1.807) is 0 Å². The Kier molecular flexibility index (Phi) is 9.29. The molecule has 2 aromatic rings. The van der Waals surface area contributed by atoms with Crippen LogP contribution in [0.15, 0.2) is 24.3 Å². The smallest absolute Gasteiger partial charge is 0.172 e. The molecule has 1 heterocycles. The second-order valence-corrected chi connectivity index (χ2v) is 8.08. The van der Waals surface area contributed by atoms with Crippen LogP contribution >= 0.6 is 22.6 Å². The lowest BCUT2D eigenvalue weighted by atomic mass is 10.1. The Morgan fingerprint density at radius 1 is 1.04 bits per heavy atom. The molecule has 0 spiro atoms. The highest BCUT2D eigenvalue weighted by molar-refractivity contribution is 14.1. The summed E-state index contributed by atoms with van der Waals surface area (Å²) in [6.07, 6.45) is 5.54. The fraction of sp³-hybridized carbons (Fsp3) is 0.545. The van der Waals surface area contributed by atoms with Gasteiger partial charge >= 0.3 is 0 Å². The van der Waals surface area contributed by atoms with Crippen LogP contribution in [0.2, 0.25) is 0 Å². The zero-order valence-electron chi connectivity index (χ0n) is 16.8. The summed E-state index contributed by atoms with van der Waals surface area (Å²) in [4.78, 5) is 7.07. The van der Waals surface area contributed by atoms with Gasteiger partial charge in [-0.15, -0.1) is 0 Å². The maximum atomic E-state index is 9.32. The third kappa shape index (κ3) is 6.32. The predicted octanol–water partition coefficient (Wildman–Crippen LogP) is 5.37. The topological polar surface area (TPSA) is 44.9 Å². The van der Waals surface area contributed by atoms with Gasteiger partial charge in [0.15, 0.2) is 5.69 Å². The summed E-state index contributed by atoms with van der Waals surface area (Å²) in [5, 5.41) is 9.32. The van der Waals surface area contributed by atoms with Crippen molar-refractivity contribution in [1.82, 2.24) is 14.5 Å². The standard InChI is InChI=1S/C22H31IN4/c1-4-7-8-21-25-20(15-24)22(23)27(21)17-19-11-9-18(10-12-19)16-26(13-5-2)14-6-3/h9-12H,4-8,13-14,16-17H2,1-3H3. The first-order valence-electron chi connectivity index (χ1n) is 10.1. The fourth-order valence-corrected chi connectivity index (χ4v) is 4.02. The van der Waals surface area contributed by atoms with E-state index in [2.05, 4.69) is 88.1 Å². The minimum absolute atomic E-state index is 0.549. The molecule has 0 aliphatic rings. The molecule has 0 saturated heterocycles. The van der Waals surface area contributed by atoms with Crippen molar-refractivity contribution in [2.75, 3.05) is 13.1 Å².